The summed E-state index contributed by atoms with van der Waals surface area (Å²) in [5.74, 6) is 0. The minimum absolute atomic E-state index is 0.625. The van der Waals surface area contributed by atoms with E-state index < -0.39 is 0 Å². The fourth-order valence-corrected chi connectivity index (χ4v) is 3.55. The molecule has 0 amide bonds. The van der Waals surface area contributed by atoms with Gasteiger partial charge in [0, 0.05) is 29.6 Å². The van der Waals surface area contributed by atoms with Gasteiger partial charge in [-0.3, -0.25) is 0 Å². The summed E-state index contributed by atoms with van der Waals surface area (Å²) >= 11 is 2.13. The van der Waals surface area contributed by atoms with Crippen LogP contribution in [0.5, 0.6) is 0 Å². The Balaban J connectivity index is 2.10. The van der Waals surface area contributed by atoms with Crippen molar-refractivity contribution in [2.45, 2.75) is 50.7 Å². The Kier molecular flexibility index (Phi) is 6.02. The molecule has 3 heteroatoms. The molecular formula is C12H26N2S. The topological polar surface area (TPSA) is 15.3 Å². The number of nitrogens with zero attached hydrogens (tertiary/aromatic N) is 1. The molecule has 2 atom stereocenters. The molecule has 0 aliphatic carbocycles. The average molecular weight is 230 g/mol. The molecule has 1 saturated heterocycles. The lowest BCUT2D eigenvalue weighted by Gasteiger charge is -2.34. The fourth-order valence-electron chi connectivity index (χ4n) is 2.16. The molecule has 0 aromatic rings. The van der Waals surface area contributed by atoms with E-state index in [1.807, 2.05) is 0 Å². The zero-order chi connectivity index (χ0) is 11.3. The molecule has 2 nitrogen and oxygen atoms in total. The quantitative estimate of drug-likeness (QED) is 0.729. The standard InChI is InChI=1S/C12H26N2S/c1-10(2)13-6-5-7-14-8-11(3)15-12(4)9-14/h10-13H,5-9H2,1-4H3. The average Bonchev–Trinajstić information content (AvgIpc) is 2.10. The van der Waals surface area contributed by atoms with Crippen molar-refractivity contribution in [1.29, 1.82) is 0 Å². The molecular weight excluding hydrogens is 204 g/mol. The summed E-state index contributed by atoms with van der Waals surface area (Å²) in [6.45, 7) is 14.1. The van der Waals surface area contributed by atoms with Crippen LogP contribution in [0.25, 0.3) is 0 Å². The van der Waals surface area contributed by atoms with E-state index in [1.165, 1.54) is 26.1 Å². The fraction of sp³-hybridized carbons (Fsp3) is 1.00. The van der Waals surface area contributed by atoms with Gasteiger partial charge in [-0.15, -0.1) is 0 Å². The second-order valence-corrected chi connectivity index (χ2v) is 6.86. The lowest BCUT2D eigenvalue weighted by molar-refractivity contribution is 0.265. The molecule has 0 bridgehead atoms. The van der Waals surface area contributed by atoms with Gasteiger partial charge in [-0.1, -0.05) is 27.7 Å². The first-order valence-corrected chi connectivity index (χ1v) is 7.13. The van der Waals surface area contributed by atoms with Gasteiger partial charge in [-0.05, 0) is 19.5 Å². The summed E-state index contributed by atoms with van der Waals surface area (Å²) in [6, 6.07) is 0.625. The Morgan fingerprint density at radius 2 is 1.87 bits per heavy atom. The number of hydrogen-bond acceptors (Lipinski definition) is 3. The van der Waals surface area contributed by atoms with Crippen LogP contribution in [0.3, 0.4) is 0 Å². The smallest absolute Gasteiger partial charge is 0.0149 e. The molecule has 1 N–H and O–H groups in total. The van der Waals surface area contributed by atoms with Crippen LogP contribution in [-0.2, 0) is 0 Å². The first-order chi connectivity index (χ1) is 7.08. The third kappa shape index (κ3) is 5.79. The van der Waals surface area contributed by atoms with Crippen LogP contribution in [0, 0.1) is 0 Å². The molecule has 0 aromatic carbocycles. The molecule has 1 aliphatic rings. The Bertz CT molecular complexity index is 163. The van der Waals surface area contributed by atoms with E-state index >= 15 is 0 Å². The summed E-state index contributed by atoms with van der Waals surface area (Å²) in [7, 11) is 0. The summed E-state index contributed by atoms with van der Waals surface area (Å²) in [5, 5.41) is 5.10. The number of hydrogen-bond donors (Lipinski definition) is 1. The van der Waals surface area contributed by atoms with E-state index in [4.69, 9.17) is 0 Å². The zero-order valence-electron chi connectivity index (χ0n) is 10.6. The number of thioether (sulfide) groups is 1. The molecule has 1 rings (SSSR count). The van der Waals surface area contributed by atoms with E-state index in [1.54, 1.807) is 0 Å². The van der Waals surface area contributed by atoms with Gasteiger partial charge in [0.2, 0.25) is 0 Å². The van der Waals surface area contributed by atoms with Gasteiger partial charge in [0.15, 0.2) is 0 Å². The van der Waals surface area contributed by atoms with Crippen molar-refractivity contribution < 1.29 is 0 Å². The van der Waals surface area contributed by atoms with Crippen molar-refractivity contribution in [2.75, 3.05) is 26.2 Å². The van der Waals surface area contributed by atoms with E-state index in [2.05, 4.69) is 49.7 Å². The van der Waals surface area contributed by atoms with Crippen LogP contribution >= 0.6 is 11.8 Å². The Hall–Kier alpha value is 0.270. The van der Waals surface area contributed by atoms with Crippen LogP contribution < -0.4 is 5.32 Å². The highest BCUT2D eigenvalue weighted by Gasteiger charge is 2.21. The molecule has 15 heavy (non-hydrogen) atoms. The van der Waals surface area contributed by atoms with Crippen molar-refractivity contribution in [3.05, 3.63) is 0 Å². The maximum Gasteiger partial charge on any atom is 0.0149 e. The largest absolute Gasteiger partial charge is 0.314 e. The van der Waals surface area contributed by atoms with Gasteiger partial charge >= 0.3 is 0 Å². The van der Waals surface area contributed by atoms with E-state index in [0.29, 0.717) is 6.04 Å². The highest BCUT2D eigenvalue weighted by molar-refractivity contribution is 8.00. The zero-order valence-corrected chi connectivity index (χ0v) is 11.4. The van der Waals surface area contributed by atoms with Crippen molar-refractivity contribution in [3.8, 4) is 0 Å². The Labute approximate surface area is 99.2 Å². The van der Waals surface area contributed by atoms with Crippen LogP contribution in [0.4, 0.5) is 0 Å². The van der Waals surface area contributed by atoms with Crippen molar-refractivity contribution >= 4 is 11.8 Å². The SMILES string of the molecule is CC(C)NCCCN1CC(C)SC(C)C1. The Morgan fingerprint density at radius 3 is 2.40 bits per heavy atom. The van der Waals surface area contributed by atoms with Crippen molar-refractivity contribution in [1.82, 2.24) is 10.2 Å². The van der Waals surface area contributed by atoms with E-state index in [0.717, 1.165) is 17.0 Å². The molecule has 2 unspecified atom stereocenters. The predicted molar refractivity (Wildman–Crippen MR) is 70.7 cm³/mol. The first-order valence-electron chi connectivity index (χ1n) is 6.19. The van der Waals surface area contributed by atoms with Gasteiger partial charge < -0.3 is 10.2 Å². The molecule has 1 heterocycles. The lowest BCUT2D eigenvalue weighted by atomic mass is 10.3. The second kappa shape index (κ2) is 6.77. The first kappa shape index (κ1) is 13.3. The third-order valence-corrected chi connectivity index (χ3v) is 3.93. The third-order valence-electron chi connectivity index (χ3n) is 2.70. The maximum absolute atomic E-state index is 3.48. The van der Waals surface area contributed by atoms with E-state index in [9.17, 15) is 0 Å². The molecule has 0 saturated carbocycles. The number of nitrogens with one attached hydrogen (secondary N) is 1. The summed E-state index contributed by atoms with van der Waals surface area (Å²) in [5.41, 5.74) is 0. The lowest BCUT2D eigenvalue weighted by Crippen LogP contribution is -2.41. The Morgan fingerprint density at radius 1 is 1.27 bits per heavy atom. The normalized spacial score (nSPS) is 28.6. The second-order valence-electron chi connectivity index (χ2n) is 4.98. The van der Waals surface area contributed by atoms with Crippen LogP contribution in [-0.4, -0.2) is 47.6 Å². The highest BCUT2D eigenvalue weighted by Crippen LogP contribution is 2.24. The summed E-state index contributed by atoms with van der Waals surface area (Å²) < 4.78 is 0. The van der Waals surface area contributed by atoms with Gasteiger partial charge in [0.1, 0.15) is 0 Å². The maximum atomic E-state index is 3.48. The number of rotatable bonds is 5. The van der Waals surface area contributed by atoms with Gasteiger partial charge in [-0.2, -0.15) is 11.8 Å². The summed E-state index contributed by atoms with van der Waals surface area (Å²) in [6.07, 6.45) is 1.28. The van der Waals surface area contributed by atoms with Gasteiger partial charge in [0.05, 0.1) is 0 Å². The monoisotopic (exact) mass is 230 g/mol. The minimum Gasteiger partial charge on any atom is -0.314 e. The molecule has 0 radical (unpaired) electrons. The van der Waals surface area contributed by atoms with Gasteiger partial charge in [0.25, 0.3) is 0 Å². The molecule has 1 fully saturated rings. The molecule has 90 valence electrons. The highest BCUT2D eigenvalue weighted by atomic mass is 32.2. The molecule has 0 spiro atoms. The van der Waals surface area contributed by atoms with E-state index in [-0.39, 0.29) is 0 Å². The van der Waals surface area contributed by atoms with Crippen LogP contribution in [0.1, 0.15) is 34.1 Å². The van der Waals surface area contributed by atoms with Gasteiger partial charge in [-0.25, -0.2) is 0 Å². The molecule has 1 aliphatic heterocycles. The van der Waals surface area contributed by atoms with Crippen LogP contribution in [0.15, 0.2) is 0 Å². The minimum atomic E-state index is 0.625. The summed E-state index contributed by atoms with van der Waals surface area (Å²) in [4.78, 5) is 2.62. The van der Waals surface area contributed by atoms with Crippen molar-refractivity contribution in [3.63, 3.8) is 0 Å². The predicted octanol–water partition coefficient (Wildman–Crippen LogP) is 2.20. The van der Waals surface area contributed by atoms with Crippen LogP contribution in [0.2, 0.25) is 0 Å². The van der Waals surface area contributed by atoms with Crippen molar-refractivity contribution in [2.24, 2.45) is 0 Å². The molecule has 0 aromatic heterocycles.